The molecule has 2 atom stereocenters. The summed E-state index contributed by atoms with van der Waals surface area (Å²) in [6.45, 7) is 11.9. The molecule has 1 aliphatic rings. The predicted molar refractivity (Wildman–Crippen MR) is 101 cm³/mol. The van der Waals surface area contributed by atoms with Crippen LogP contribution in [0.25, 0.3) is 0 Å². The zero-order chi connectivity index (χ0) is 19.6. The molecule has 0 saturated carbocycles. The lowest BCUT2D eigenvalue weighted by Crippen LogP contribution is -2.52. The first-order valence-electron chi connectivity index (χ1n) is 10.0. The number of amides is 1. The number of carbonyl (C=O) groups is 2. The molecule has 0 radical (unpaired) electrons. The van der Waals surface area contributed by atoms with Crippen LogP contribution in [-0.2, 0) is 19.0 Å². The van der Waals surface area contributed by atoms with E-state index in [4.69, 9.17) is 14.2 Å². The first-order valence-corrected chi connectivity index (χ1v) is 10.0. The maximum absolute atomic E-state index is 12.6. The Kier molecular flexibility index (Phi) is 9.99. The molecule has 1 heterocycles. The van der Waals surface area contributed by atoms with E-state index in [1.165, 1.54) is 4.90 Å². The van der Waals surface area contributed by atoms with Gasteiger partial charge < -0.3 is 14.2 Å². The molecule has 1 fully saturated rings. The second kappa shape index (κ2) is 11.4. The third-order valence-electron chi connectivity index (χ3n) is 4.35. The minimum atomic E-state index is -0.589. The maximum atomic E-state index is 12.6. The van der Waals surface area contributed by atoms with Crippen molar-refractivity contribution in [3.8, 4) is 0 Å². The van der Waals surface area contributed by atoms with Crippen molar-refractivity contribution in [2.24, 2.45) is 5.92 Å². The van der Waals surface area contributed by atoms with Crippen LogP contribution in [0.5, 0.6) is 0 Å². The van der Waals surface area contributed by atoms with Gasteiger partial charge in [-0.2, -0.15) is 0 Å². The Labute approximate surface area is 158 Å². The molecule has 0 spiro atoms. The lowest BCUT2D eigenvalue weighted by atomic mass is 9.91. The van der Waals surface area contributed by atoms with Crippen LogP contribution < -0.4 is 0 Å². The number of likely N-dealkylation sites (tertiary alicyclic amines) is 1. The van der Waals surface area contributed by atoms with Gasteiger partial charge in [0.05, 0.1) is 6.61 Å². The third kappa shape index (κ3) is 8.39. The highest BCUT2D eigenvalue weighted by molar-refractivity contribution is 5.81. The van der Waals surface area contributed by atoms with Gasteiger partial charge in [-0.1, -0.05) is 26.7 Å². The van der Waals surface area contributed by atoms with E-state index in [9.17, 15) is 9.59 Å². The Hall–Kier alpha value is -1.30. The summed E-state index contributed by atoms with van der Waals surface area (Å²) in [5.41, 5.74) is -0.589. The van der Waals surface area contributed by atoms with Gasteiger partial charge >= 0.3 is 12.1 Å². The van der Waals surface area contributed by atoms with Gasteiger partial charge in [0.1, 0.15) is 11.6 Å². The monoisotopic (exact) mass is 371 g/mol. The molecule has 0 aromatic rings. The van der Waals surface area contributed by atoms with Crippen molar-refractivity contribution in [2.45, 2.75) is 84.8 Å². The minimum absolute atomic E-state index is 0.259. The highest BCUT2D eigenvalue weighted by Gasteiger charge is 2.39. The molecule has 1 amide bonds. The summed E-state index contributed by atoms with van der Waals surface area (Å²) in [4.78, 5) is 26.6. The third-order valence-corrected chi connectivity index (χ3v) is 4.35. The number of hydrogen-bond acceptors (Lipinski definition) is 5. The highest BCUT2D eigenvalue weighted by Crippen LogP contribution is 2.26. The van der Waals surface area contributed by atoms with Gasteiger partial charge in [0, 0.05) is 19.8 Å². The van der Waals surface area contributed by atoms with Crippen molar-refractivity contribution in [3.63, 3.8) is 0 Å². The van der Waals surface area contributed by atoms with Crippen molar-refractivity contribution in [3.05, 3.63) is 0 Å². The van der Waals surface area contributed by atoms with Crippen molar-refractivity contribution in [1.82, 2.24) is 4.90 Å². The number of hydrogen-bond donors (Lipinski definition) is 0. The summed E-state index contributed by atoms with van der Waals surface area (Å²) in [6.07, 6.45) is 4.86. The van der Waals surface area contributed by atoms with E-state index in [2.05, 4.69) is 6.92 Å². The number of nitrogens with zero attached hydrogens (tertiary/aromatic N) is 1. The molecule has 0 aromatic carbocycles. The fraction of sp³-hybridized carbons (Fsp3) is 0.900. The molecule has 0 bridgehead atoms. The average Bonchev–Trinajstić information content (AvgIpc) is 2.57. The molecular formula is C20H37NO5. The standard InChI is InChI=1S/C20H37NO5/c1-6-8-12-24-15-16-10-11-21(19(23)26-20(3,4)5)17(14-16)18(22)25-13-9-7-2/h16-17H,6-15H2,1-5H3. The normalized spacial score (nSPS) is 20.7. The molecule has 1 saturated heterocycles. The Morgan fingerprint density at radius 2 is 1.73 bits per heavy atom. The zero-order valence-corrected chi connectivity index (χ0v) is 17.2. The molecule has 1 rings (SSSR count). The van der Waals surface area contributed by atoms with Crippen molar-refractivity contribution in [2.75, 3.05) is 26.4 Å². The molecule has 6 nitrogen and oxygen atoms in total. The summed E-state index contributed by atoms with van der Waals surface area (Å²) >= 11 is 0. The summed E-state index contributed by atoms with van der Waals surface area (Å²) < 4.78 is 16.6. The summed E-state index contributed by atoms with van der Waals surface area (Å²) in [5, 5.41) is 0. The zero-order valence-electron chi connectivity index (χ0n) is 17.2. The van der Waals surface area contributed by atoms with Gasteiger partial charge in [0.15, 0.2) is 0 Å². The van der Waals surface area contributed by atoms with Crippen LogP contribution in [0.2, 0.25) is 0 Å². The smallest absolute Gasteiger partial charge is 0.411 e. The predicted octanol–water partition coefficient (Wildman–Crippen LogP) is 4.16. The van der Waals surface area contributed by atoms with Crippen LogP contribution in [0.4, 0.5) is 4.79 Å². The first-order chi connectivity index (χ1) is 12.3. The van der Waals surface area contributed by atoms with Crippen LogP contribution in [0.15, 0.2) is 0 Å². The molecule has 0 aliphatic carbocycles. The van der Waals surface area contributed by atoms with Crippen LogP contribution in [-0.4, -0.2) is 55.0 Å². The Balaban J connectivity index is 2.69. The fourth-order valence-electron chi connectivity index (χ4n) is 2.86. The second-order valence-corrected chi connectivity index (χ2v) is 8.03. The quantitative estimate of drug-likeness (QED) is 0.450. The van der Waals surface area contributed by atoms with Crippen LogP contribution >= 0.6 is 0 Å². The van der Waals surface area contributed by atoms with E-state index in [0.717, 1.165) is 38.7 Å². The summed E-state index contributed by atoms with van der Waals surface area (Å²) in [6, 6.07) is -0.588. The Bertz CT molecular complexity index is 432. The number of rotatable bonds is 9. The molecule has 0 aromatic heterocycles. The molecule has 0 N–H and O–H groups in total. The number of unbranched alkanes of at least 4 members (excludes halogenated alkanes) is 2. The number of ether oxygens (including phenoxy) is 3. The number of esters is 1. The van der Waals surface area contributed by atoms with Gasteiger partial charge in [0.2, 0.25) is 0 Å². The molecule has 1 aliphatic heterocycles. The SMILES string of the molecule is CCCCOCC1CCN(C(=O)OC(C)(C)C)C(C(=O)OCCCC)C1. The average molecular weight is 372 g/mol. The molecular weight excluding hydrogens is 334 g/mol. The number of carbonyl (C=O) groups excluding carboxylic acids is 2. The van der Waals surface area contributed by atoms with Crippen LogP contribution in [0.3, 0.4) is 0 Å². The Morgan fingerprint density at radius 3 is 2.35 bits per heavy atom. The number of piperidine rings is 1. The van der Waals surface area contributed by atoms with Gasteiger partial charge in [-0.15, -0.1) is 0 Å². The lowest BCUT2D eigenvalue weighted by molar-refractivity contribution is -0.152. The molecule has 6 heteroatoms. The van der Waals surface area contributed by atoms with Gasteiger partial charge in [0.25, 0.3) is 0 Å². The largest absolute Gasteiger partial charge is 0.464 e. The first kappa shape index (κ1) is 22.7. The van der Waals surface area contributed by atoms with Crippen LogP contribution in [0.1, 0.15) is 73.1 Å². The highest BCUT2D eigenvalue weighted by atomic mass is 16.6. The minimum Gasteiger partial charge on any atom is -0.464 e. The van der Waals surface area contributed by atoms with Gasteiger partial charge in [-0.25, -0.2) is 9.59 Å². The van der Waals surface area contributed by atoms with Crippen LogP contribution in [0, 0.1) is 5.92 Å². The molecule has 2 unspecified atom stereocenters. The van der Waals surface area contributed by atoms with Crippen molar-refractivity contribution in [1.29, 1.82) is 0 Å². The lowest BCUT2D eigenvalue weighted by Gasteiger charge is -2.38. The Morgan fingerprint density at radius 1 is 1.08 bits per heavy atom. The van der Waals surface area contributed by atoms with Gasteiger partial charge in [-0.3, -0.25) is 4.90 Å². The maximum Gasteiger partial charge on any atom is 0.411 e. The van der Waals surface area contributed by atoms with Crippen molar-refractivity contribution < 1.29 is 23.8 Å². The molecule has 26 heavy (non-hydrogen) atoms. The van der Waals surface area contributed by atoms with E-state index in [-0.39, 0.29) is 11.9 Å². The van der Waals surface area contributed by atoms with Crippen molar-refractivity contribution >= 4 is 12.1 Å². The van der Waals surface area contributed by atoms with E-state index in [1.807, 2.05) is 27.7 Å². The summed E-state index contributed by atoms with van der Waals surface area (Å²) in [7, 11) is 0. The summed E-state index contributed by atoms with van der Waals surface area (Å²) in [5.74, 6) is -0.0724. The van der Waals surface area contributed by atoms with E-state index < -0.39 is 17.7 Å². The topological polar surface area (TPSA) is 65.1 Å². The van der Waals surface area contributed by atoms with E-state index in [1.54, 1.807) is 0 Å². The van der Waals surface area contributed by atoms with E-state index >= 15 is 0 Å². The molecule has 152 valence electrons. The fourth-order valence-corrected chi connectivity index (χ4v) is 2.86. The van der Waals surface area contributed by atoms with Gasteiger partial charge in [-0.05, 0) is 52.4 Å². The second-order valence-electron chi connectivity index (χ2n) is 8.03. The van der Waals surface area contributed by atoms with E-state index in [0.29, 0.717) is 26.2 Å².